The molecule has 0 aromatic carbocycles. The lowest BCUT2D eigenvalue weighted by atomic mass is 9.83. The molecule has 0 amide bonds. The van der Waals surface area contributed by atoms with Crippen LogP contribution < -0.4 is 5.32 Å². The van der Waals surface area contributed by atoms with E-state index in [4.69, 9.17) is 0 Å². The van der Waals surface area contributed by atoms with E-state index < -0.39 is 12.1 Å². The molecule has 112 valence electrons. The first-order valence-corrected chi connectivity index (χ1v) is 7.16. The lowest BCUT2D eigenvalue weighted by molar-refractivity contribution is -0.182. The predicted octanol–water partition coefficient (Wildman–Crippen LogP) is 2.04. The molecule has 1 fully saturated rings. The third kappa shape index (κ3) is 2.12. The van der Waals surface area contributed by atoms with Gasteiger partial charge in [-0.15, -0.1) is 10.2 Å². The summed E-state index contributed by atoms with van der Waals surface area (Å²) < 4.78 is 40.6. The number of alkyl halides is 3. The second kappa shape index (κ2) is 4.72. The van der Waals surface area contributed by atoms with Crippen LogP contribution in [0.5, 0.6) is 0 Å². The second-order valence-electron chi connectivity index (χ2n) is 5.89. The Morgan fingerprint density at radius 3 is 2.80 bits per heavy atom. The van der Waals surface area contributed by atoms with Crippen LogP contribution in [0, 0.1) is 5.92 Å². The van der Waals surface area contributed by atoms with Crippen LogP contribution in [0.3, 0.4) is 0 Å². The van der Waals surface area contributed by atoms with E-state index >= 15 is 0 Å². The monoisotopic (exact) mass is 288 g/mol. The van der Waals surface area contributed by atoms with Gasteiger partial charge >= 0.3 is 6.18 Å². The van der Waals surface area contributed by atoms with E-state index in [-0.39, 0.29) is 18.4 Å². The number of nitrogens with zero attached hydrogens (tertiary/aromatic N) is 3. The summed E-state index contributed by atoms with van der Waals surface area (Å²) in [7, 11) is 0. The zero-order valence-electron chi connectivity index (χ0n) is 11.5. The molecule has 0 aliphatic carbocycles. The van der Waals surface area contributed by atoms with Crippen LogP contribution in [-0.4, -0.2) is 34.0 Å². The van der Waals surface area contributed by atoms with Crippen molar-refractivity contribution in [2.45, 2.75) is 50.7 Å². The van der Waals surface area contributed by atoms with Gasteiger partial charge in [-0.1, -0.05) is 6.92 Å². The molecule has 3 heterocycles. The topological polar surface area (TPSA) is 42.7 Å². The number of aromatic nitrogens is 3. The lowest BCUT2D eigenvalue weighted by Crippen LogP contribution is -2.37. The minimum Gasteiger partial charge on any atom is -0.316 e. The Hall–Kier alpha value is -1.11. The van der Waals surface area contributed by atoms with Crippen LogP contribution >= 0.6 is 0 Å². The quantitative estimate of drug-likeness (QED) is 0.905. The molecule has 3 rings (SSSR count). The maximum absolute atomic E-state index is 13.0. The molecule has 0 saturated carbocycles. The summed E-state index contributed by atoms with van der Waals surface area (Å²) in [4.78, 5) is 0. The molecule has 7 heteroatoms. The molecule has 1 aromatic heterocycles. The van der Waals surface area contributed by atoms with E-state index in [2.05, 4.69) is 22.4 Å². The van der Waals surface area contributed by atoms with Crippen molar-refractivity contribution in [2.75, 3.05) is 13.1 Å². The van der Waals surface area contributed by atoms with Crippen LogP contribution in [0.4, 0.5) is 13.2 Å². The highest BCUT2D eigenvalue weighted by Gasteiger charge is 2.45. The van der Waals surface area contributed by atoms with Crippen molar-refractivity contribution in [3.63, 3.8) is 0 Å². The Morgan fingerprint density at radius 1 is 1.40 bits per heavy atom. The molecular formula is C13H19F3N4. The molecule has 0 spiro atoms. The van der Waals surface area contributed by atoms with Crippen LogP contribution in [0.15, 0.2) is 0 Å². The Balaban J connectivity index is 1.95. The molecule has 1 N–H and O–H groups in total. The third-order valence-corrected chi connectivity index (χ3v) is 4.80. The predicted molar refractivity (Wildman–Crippen MR) is 67.3 cm³/mol. The highest BCUT2D eigenvalue weighted by atomic mass is 19.4. The fraction of sp³-hybridized carbons (Fsp3) is 0.846. The molecule has 1 aromatic rings. The average Bonchev–Trinajstić information content (AvgIpc) is 3.04. The Kier molecular flexibility index (Phi) is 3.27. The zero-order chi connectivity index (χ0) is 14.4. The minimum atomic E-state index is -4.13. The van der Waals surface area contributed by atoms with Gasteiger partial charge in [0.1, 0.15) is 11.6 Å². The smallest absolute Gasteiger partial charge is 0.316 e. The van der Waals surface area contributed by atoms with E-state index in [1.54, 1.807) is 4.57 Å². The number of hydrogen-bond acceptors (Lipinski definition) is 3. The van der Waals surface area contributed by atoms with Gasteiger partial charge in [0.25, 0.3) is 0 Å². The van der Waals surface area contributed by atoms with Crippen molar-refractivity contribution in [1.29, 1.82) is 0 Å². The fourth-order valence-corrected chi connectivity index (χ4v) is 3.38. The van der Waals surface area contributed by atoms with Crippen molar-refractivity contribution in [1.82, 2.24) is 20.1 Å². The summed E-state index contributed by atoms with van der Waals surface area (Å²) in [6, 6.07) is 0. The van der Waals surface area contributed by atoms with Crippen LogP contribution in [0.1, 0.15) is 37.8 Å². The van der Waals surface area contributed by atoms with Crippen molar-refractivity contribution >= 4 is 0 Å². The number of fused-ring (bicyclic) bond motifs is 1. The summed E-state index contributed by atoms with van der Waals surface area (Å²) >= 11 is 0. The van der Waals surface area contributed by atoms with Crippen molar-refractivity contribution in [3.8, 4) is 0 Å². The highest BCUT2D eigenvalue weighted by molar-refractivity contribution is 5.16. The van der Waals surface area contributed by atoms with Gasteiger partial charge < -0.3 is 9.88 Å². The largest absolute Gasteiger partial charge is 0.393 e. The zero-order valence-corrected chi connectivity index (χ0v) is 11.5. The highest BCUT2D eigenvalue weighted by Crippen LogP contribution is 2.38. The molecule has 1 saturated heterocycles. The molecule has 2 aliphatic heterocycles. The Bertz CT molecular complexity index is 488. The number of hydrogen-bond donors (Lipinski definition) is 1. The van der Waals surface area contributed by atoms with Gasteiger partial charge in [-0.2, -0.15) is 13.2 Å². The SMILES string of the molecule is CCC1(c2nnc3n2CC(C(F)(F)F)CC3)CCNC1. The second-order valence-corrected chi connectivity index (χ2v) is 5.89. The third-order valence-electron chi connectivity index (χ3n) is 4.80. The van der Waals surface area contributed by atoms with Gasteiger partial charge in [-0.05, 0) is 25.8 Å². The van der Waals surface area contributed by atoms with Crippen molar-refractivity contribution < 1.29 is 13.2 Å². The molecule has 2 atom stereocenters. The molecule has 0 radical (unpaired) electrons. The number of rotatable bonds is 2. The van der Waals surface area contributed by atoms with Gasteiger partial charge in [0.2, 0.25) is 0 Å². The van der Waals surface area contributed by atoms with Gasteiger partial charge in [0.05, 0.1) is 5.92 Å². The van der Waals surface area contributed by atoms with Gasteiger partial charge in [0.15, 0.2) is 0 Å². The molecule has 2 unspecified atom stereocenters. The standard InChI is InChI=1S/C13H19F3N4/c1-2-12(5-6-17-8-12)11-19-18-10-4-3-9(7-20(10)11)13(14,15)16/h9,17H,2-8H2,1H3. The van der Waals surface area contributed by atoms with E-state index in [0.29, 0.717) is 12.2 Å². The number of halogens is 3. The molecule has 2 aliphatic rings. The Morgan fingerprint density at radius 2 is 2.20 bits per heavy atom. The maximum atomic E-state index is 13.0. The van der Waals surface area contributed by atoms with Crippen LogP contribution in [0.2, 0.25) is 0 Å². The molecular weight excluding hydrogens is 269 g/mol. The summed E-state index contributed by atoms with van der Waals surface area (Å²) in [5.41, 5.74) is -0.154. The van der Waals surface area contributed by atoms with Gasteiger partial charge in [0, 0.05) is 24.9 Å². The number of aryl methyl sites for hydroxylation is 1. The van der Waals surface area contributed by atoms with Crippen LogP contribution in [0.25, 0.3) is 0 Å². The first-order chi connectivity index (χ1) is 9.46. The summed E-state index contributed by atoms with van der Waals surface area (Å²) in [5.74, 6) is 0.183. The molecule has 4 nitrogen and oxygen atoms in total. The number of nitrogens with one attached hydrogen (secondary N) is 1. The first-order valence-electron chi connectivity index (χ1n) is 7.16. The first kappa shape index (κ1) is 13.9. The summed E-state index contributed by atoms with van der Waals surface area (Å²) in [5, 5.41) is 11.7. The Labute approximate surface area is 115 Å². The van der Waals surface area contributed by atoms with E-state index in [0.717, 1.165) is 31.8 Å². The normalized spacial score (nSPS) is 30.5. The van der Waals surface area contributed by atoms with Crippen molar-refractivity contribution in [3.05, 3.63) is 11.6 Å². The van der Waals surface area contributed by atoms with E-state index in [9.17, 15) is 13.2 Å². The van der Waals surface area contributed by atoms with E-state index in [1.165, 1.54) is 0 Å². The summed E-state index contributed by atoms with van der Waals surface area (Å²) in [6.45, 7) is 3.71. The van der Waals surface area contributed by atoms with Gasteiger partial charge in [-0.25, -0.2) is 0 Å². The van der Waals surface area contributed by atoms with Gasteiger partial charge in [-0.3, -0.25) is 0 Å². The average molecular weight is 288 g/mol. The van der Waals surface area contributed by atoms with Crippen molar-refractivity contribution in [2.24, 2.45) is 5.92 Å². The fourth-order valence-electron chi connectivity index (χ4n) is 3.38. The molecule has 20 heavy (non-hydrogen) atoms. The summed E-state index contributed by atoms with van der Waals surface area (Å²) in [6.07, 6.45) is -1.86. The molecule has 0 bridgehead atoms. The lowest BCUT2D eigenvalue weighted by Gasteiger charge is -2.31. The minimum absolute atomic E-state index is 0.0249. The maximum Gasteiger partial charge on any atom is 0.393 e. The van der Waals surface area contributed by atoms with Crippen LogP contribution in [-0.2, 0) is 18.4 Å². The van der Waals surface area contributed by atoms with E-state index in [1.807, 2.05) is 0 Å².